The number of esters is 1. The summed E-state index contributed by atoms with van der Waals surface area (Å²) in [5.41, 5.74) is 0. The lowest BCUT2D eigenvalue weighted by Crippen LogP contribution is -2.27. The topological polar surface area (TPSA) is 91.2 Å². The van der Waals surface area contributed by atoms with E-state index in [1.54, 1.807) is 6.92 Å². The van der Waals surface area contributed by atoms with Gasteiger partial charge in [-0.25, -0.2) is 13.2 Å². The Bertz CT molecular complexity index is 484. The van der Waals surface area contributed by atoms with Gasteiger partial charge in [-0.2, -0.15) is 9.90 Å². The Morgan fingerprint density at radius 2 is 2.31 bits per heavy atom. The predicted octanol–water partition coefficient (Wildman–Crippen LogP) is -0.283. The van der Waals surface area contributed by atoms with Gasteiger partial charge in [-0.1, -0.05) is 11.6 Å². The van der Waals surface area contributed by atoms with Crippen molar-refractivity contribution in [2.75, 3.05) is 6.61 Å². The van der Waals surface area contributed by atoms with Gasteiger partial charge in [0, 0.05) is 7.05 Å². The van der Waals surface area contributed by atoms with Gasteiger partial charge in [0.05, 0.1) is 12.8 Å². The molecule has 1 unspecified atom stereocenters. The number of aromatic nitrogens is 3. The fourth-order valence-corrected chi connectivity index (χ4v) is 2.19. The molecular formula is C7H10ClN3O4S. The molecule has 0 aliphatic carbocycles. The first-order valence-electron chi connectivity index (χ1n) is 4.30. The van der Waals surface area contributed by atoms with Crippen LogP contribution in [0.25, 0.3) is 0 Å². The Labute approximate surface area is 97.3 Å². The van der Waals surface area contributed by atoms with E-state index in [1.165, 1.54) is 7.05 Å². The highest BCUT2D eigenvalue weighted by atomic mass is 35.5. The zero-order valence-corrected chi connectivity index (χ0v) is 10.2. The number of alkyl halides is 1. The van der Waals surface area contributed by atoms with Crippen LogP contribution in [0.4, 0.5) is 0 Å². The van der Waals surface area contributed by atoms with E-state index in [0.717, 1.165) is 11.0 Å². The van der Waals surface area contributed by atoms with Crippen LogP contribution in [-0.4, -0.2) is 40.7 Å². The van der Waals surface area contributed by atoms with Gasteiger partial charge < -0.3 is 4.74 Å². The van der Waals surface area contributed by atoms with Crippen molar-refractivity contribution in [1.29, 1.82) is 0 Å². The number of halogens is 1. The first kappa shape index (κ1) is 12.9. The summed E-state index contributed by atoms with van der Waals surface area (Å²) in [4.78, 5) is 12.2. The van der Waals surface area contributed by atoms with Crippen LogP contribution in [0.1, 0.15) is 6.92 Å². The smallest absolute Gasteiger partial charge is 0.340 e. The van der Waals surface area contributed by atoms with E-state index in [-0.39, 0.29) is 11.6 Å². The lowest BCUT2D eigenvalue weighted by Gasteiger charge is -2.07. The highest BCUT2D eigenvalue weighted by Gasteiger charge is 2.35. The normalized spacial score (nSPS) is 13.4. The molecule has 0 bridgehead atoms. The molecule has 0 saturated heterocycles. The third-order valence-electron chi connectivity index (χ3n) is 1.61. The minimum absolute atomic E-state index is 0.0536. The third-order valence-corrected chi connectivity index (χ3v) is 4.00. The lowest BCUT2D eigenvalue weighted by molar-refractivity contribution is -0.140. The Morgan fingerprint density at radius 1 is 1.69 bits per heavy atom. The molecule has 1 heterocycles. The van der Waals surface area contributed by atoms with Crippen molar-refractivity contribution in [1.82, 2.24) is 15.0 Å². The molecule has 0 aromatic carbocycles. The molecule has 16 heavy (non-hydrogen) atoms. The quantitative estimate of drug-likeness (QED) is 0.550. The number of nitrogens with zero attached hydrogens (tertiary/aromatic N) is 3. The second kappa shape index (κ2) is 4.79. The molecule has 0 spiro atoms. The van der Waals surface area contributed by atoms with E-state index in [2.05, 4.69) is 14.9 Å². The van der Waals surface area contributed by atoms with Crippen molar-refractivity contribution in [2.45, 2.75) is 16.7 Å². The van der Waals surface area contributed by atoms with E-state index >= 15 is 0 Å². The molecule has 0 fully saturated rings. The van der Waals surface area contributed by atoms with E-state index in [9.17, 15) is 13.2 Å². The number of sulfone groups is 1. The highest BCUT2D eigenvalue weighted by Crippen LogP contribution is 2.17. The summed E-state index contributed by atoms with van der Waals surface area (Å²) in [6.07, 6.45) is 1.02. The molecule has 1 atom stereocenters. The van der Waals surface area contributed by atoms with Crippen LogP contribution in [0.5, 0.6) is 0 Å². The predicted molar refractivity (Wildman–Crippen MR) is 54.5 cm³/mol. The van der Waals surface area contributed by atoms with Crippen LogP contribution in [0.3, 0.4) is 0 Å². The third kappa shape index (κ3) is 2.50. The fraction of sp³-hybridized carbons (Fsp3) is 0.571. The van der Waals surface area contributed by atoms with Gasteiger partial charge in [0.2, 0.25) is 14.5 Å². The Morgan fingerprint density at radius 3 is 2.75 bits per heavy atom. The maximum absolute atomic E-state index is 11.7. The molecule has 9 heteroatoms. The minimum Gasteiger partial charge on any atom is -0.464 e. The molecule has 0 saturated carbocycles. The summed E-state index contributed by atoms with van der Waals surface area (Å²) in [6, 6.07) is 0. The van der Waals surface area contributed by atoms with Gasteiger partial charge >= 0.3 is 5.97 Å². The number of ether oxygens (including phenoxy) is 1. The number of carbonyl (C=O) groups is 1. The minimum atomic E-state index is -4.04. The van der Waals surface area contributed by atoms with Gasteiger partial charge in [0.1, 0.15) is 0 Å². The van der Waals surface area contributed by atoms with Gasteiger partial charge in [-0.05, 0) is 6.92 Å². The zero-order chi connectivity index (χ0) is 12.3. The van der Waals surface area contributed by atoms with Gasteiger partial charge in [-0.15, -0.1) is 5.10 Å². The van der Waals surface area contributed by atoms with Crippen LogP contribution in [0.2, 0.25) is 0 Å². The second-order valence-corrected chi connectivity index (χ2v) is 5.46. The van der Waals surface area contributed by atoms with Gasteiger partial charge in [-0.3, -0.25) is 0 Å². The lowest BCUT2D eigenvalue weighted by atomic mass is 10.7. The molecule has 1 rings (SSSR count). The molecule has 0 N–H and O–H groups in total. The average Bonchev–Trinajstić information content (AvgIpc) is 2.64. The Kier molecular flexibility index (Phi) is 3.87. The number of rotatable bonds is 4. The molecule has 0 amide bonds. The molecular weight excluding hydrogens is 258 g/mol. The molecule has 1 aromatic rings. The maximum atomic E-state index is 11.7. The van der Waals surface area contributed by atoms with Crippen LogP contribution in [0.15, 0.2) is 11.2 Å². The first-order valence-corrected chi connectivity index (χ1v) is 6.28. The number of aryl methyl sites for hydroxylation is 1. The van der Waals surface area contributed by atoms with Crippen LogP contribution in [0, 0.1) is 0 Å². The first-order chi connectivity index (χ1) is 7.39. The molecule has 1 aromatic heterocycles. The van der Waals surface area contributed by atoms with Crippen molar-refractivity contribution in [3.63, 3.8) is 0 Å². The van der Waals surface area contributed by atoms with Crippen molar-refractivity contribution >= 4 is 27.4 Å². The average molecular weight is 268 g/mol. The number of hydrogen-bond acceptors (Lipinski definition) is 6. The highest BCUT2D eigenvalue weighted by molar-refractivity contribution is 7.94. The van der Waals surface area contributed by atoms with Crippen molar-refractivity contribution in [2.24, 2.45) is 7.05 Å². The summed E-state index contributed by atoms with van der Waals surface area (Å²) in [7, 11) is -2.59. The molecule has 7 nitrogen and oxygen atoms in total. The maximum Gasteiger partial charge on any atom is 0.340 e. The summed E-state index contributed by atoms with van der Waals surface area (Å²) in [5, 5.41) is 6.80. The van der Waals surface area contributed by atoms with E-state index in [1.807, 2.05) is 0 Å². The summed E-state index contributed by atoms with van der Waals surface area (Å²) in [5.74, 6) is -1.02. The zero-order valence-electron chi connectivity index (χ0n) is 8.62. The molecule has 0 aliphatic rings. The van der Waals surface area contributed by atoms with E-state index < -0.39 is 20.5 Å². The van der Waals surface area contributed by atoms with Crippen molar-refractivity contribution in [3.05, 3.63) is 6.20 Å². The number of hydrogen-bond donors (Lipinski definition) is 0. The SMILES string of the molecule is CCOC(=O)C(Cl)S(=O)(=O)c1cnn(C)n1. The number of carbonyl (C=O) groups excluding carboxylic acids is 1. The van der Waals surface area contributed by atoms with Crippen molar-refractivity contribution in [3.8, 4) is 0 Å². The van der Waals surface area contributed by atoms with Gasteiger partial charge in [0.15, 0.2) is 5.03 Å². The summed E-state index contributed by atoms with van der Waals surface area (Å²) >= 11 is 5.51. The Balaban J connectivity index is 2.98. The molecule has 0 radical (unpaired) electrons. The standard InChI is InChI=1S/C7H10ClN3O4S/c1-3-15-7(12)6(8)16(13,14)5-4-9-11(2)10-5/h4,6H,3H2,1-2H3. The Hall–Kier alpha value is -1.15. The van der Waals surface area contributed by atoms with Gasteiger partial charge in [0.25, 0.3) is 0 Å². The summed E-state index contributed by atoms with van der Waals surface area (Å²) in [6.45, 7) is 1.61. The monoisotopic (exact) mass is 267 g/mol. The van der Waals surface area contributed by atoms with Crippen LogP contribution in [-0.2, 0) is 26.4 Å². The van der Waals surface area contributed by atoms with E-state index in [4.69, 9.17) is 11.6 Å². The molecule has 0 aliphatic heterocycles. The molecule has 90 valence electrons. The largest absolute Gasteiger partial charge is 0.464 e. The summed E-state index contributed by atoms with van der Waals surface area (Å²) < 4.78 is 26.1. The van der Waals surface area contributed by atoms with E-state index in [0.29, 0.717) is 0 Å². The van der Waals surface area contributed by atoms with Crippen LogP contribution < -0.4 is 0 Å². The second-order valence-electron chi connectivity index (χ2n) is 2.79. The van der Waals surface area contributed by atoms with Crippen molar-refractivity contribution < 1.29 is 17.9 Å². The van der Waals surface area contributed by atoms with Crippen LogP contribution >= 0.6 is 11.6 Å². The fourth-order valence-electron chi connectivity index (χ4n) is 0.898.